The fourth-order valence-electron chi connectivity index (χ4n) is 2.83. The number of nitrogens with zero attached hydrogens (tertiary/aromatic N) is 3. The van der Waals surface area contributed by atoms with Crippen molar-refractivity contribution in [1.82, 2.24) is 15.0 Å². The molecule has 0 spiro atoms. The van der Waals surface area contributed by atoms with Gasteiger partial charge in [-0.25, -0.2) is 0 Å². The molecule has 0 bridgehead atoms. The molecule has 3 rings (SSSR count). The van der Waals surface area contributed by atoms with E-state index in [1.807, 2.05) is 13.8 Å². The van der Waals surface area contributed by atoms with Crippen LogP contribution < -0.4 is 0 Å². The minimum atomic E-state index is -0.947. The highest BCUT2D eigenvalue weighted by molar-refractivity contribution is 6.00. The molecule has 1 saturated heterocycles. The van der Waals surface area contributed by atoms with E-state index < -0.39 is 12.1 Å². The maximum Gasteiger partial charge on any atom is 0.306 e. The number of hydrogen-bond acceptors (Lipinski definition) is 6. The molecule has 2 heterocycles. The summed E-state index contributed by atoms with van der Waals surface area (Å²) in [5.74, 6) is -0.158. The van der Waals surface area contributed by atoms with Crippen molar-refractivity contribution in [2.24, 2.45) is 0 Å². The van der Waals surface area contributed by atoms with E-state index in [0.717, 1.165) is 0 Å². The van der Waals surface area contributed by atoms with Gasteiger partial charge in [0.1, 0.15) is 0 Å². The molecule has 0 aliphatic carbocycles. The van der Waals surface area contributed by atoms with Gasteiger partial charge in [-0.3, -0.25) is 9.59 Å². The lowest BCUT2D eigenvalue weighted by molar-refractivity contribution is -0.141. The Morgan fingerprint density at radius 2 is 2.12 bits per heavy atom. The fourth-order valence-corrected chi connectivity index (χ4v) is 2.83. The summed E-state index contributed by atoms with van der Waals surface area (Å²) in [5.41, 5.74) is 1.01. The van der Waals surface area contributed by atoms with Crippen LogP contribution in [0.15, 0.2) is 28.8 Å². The molecule has 0 radical (unpaired) electrons. The van der Waals surface area contributed by atoms with Crippen LogP contribution in [0.5, 0.6) is 0 Å². The first-order chi connectivity index (χ1) is 12.5. The first kappa shape index (κ1) is 18.1. The second kappa shape index (κ2) is 7.65. The van der Waals surface area contributed by atoms with Crippen LogP contribution >= 0.6 is 0 Å². The molecule has 138 valence electrons. The van der Waals surface area contributed by atoms with Crippen molar-refractivity contribution in [3.8, 4) is 11.5 Å². The highest BCUT2D eigenvalue weighted by Gasteiger charge is 2.28. The van der Waals surface area contributed by atoms with E-state index >= 15 is 0 Å². The number of carbonyl (C=O) groups excluding carboxylic acids is 1. The average molecular weight is 359 g/mol. The summed E-state index contributed by atoms with van der Waals surface area (Å²) < 4.78 is 10.8. The lowest BCUT2D eigenvalue weighted by atomic mass is 10.1. The molecule has 8 heteroatoms. The van der Waals surface area contributed by atoms with Gasteiger partial charge >= 0.3 is 5.97 Å². The number of ether oxygens (including phenoxy) is 1. The number of aliphatic carboxylic acids is 1. The van der Waals surface area contributed by atoms with Gasteiger partial charge in [0.15, 0.2) is 5.82 Å². The maximum absolute atomic E-state index is 13.0. The van der Waals surface area contributed by atoms with Gasteiger partial charge in [-0.1, -0.05) is 31.1 Å². The van der Waals surface area contributed by atoms with Crippen LogP contribution in [0.1, 0.15) is 42.4 Å². The minimum absolute atomic E-state index is 0.117. The highest BCUT2D eigenvalue weighted by atomic mass is 16.5. The predicted octanol–water partition coefficient (Wildman–Crippen LogP) is 2.18. The van der Waals surface area contributed by atoms with Crippen molar-refractivity contribution in [1.29, 1.82) is 0 Å². The summed E-state index contributed by atoms with van der Waals surface area (Å²) in [7, 11) is 0. The quantitative estimate of drug-likeness (QED) is 0.872. The van der Waals surface area contributed by atoms with Gasteiger partial charge in [0, 0.05) is 19.0 Å². The summed E-state index contributed by atoms with van der Waals surface area (Å²) in [4.78, 5) is 29.9. The highest BCUT2D eigenvalue weighted by Crippen LogP contribution is 2.25. The Morgan fingerprint density at radius 1 is 1.35 bits per heavy atom. The number of carboxylic acid groups (broad SMARTS) is 1. The zero-order valence-electron chi connectivity index (χ0n) is 14.7. The van der Waals surface area contributed by atoms with Gasteiger partial charge in [0.2, 0.25) is 0 Å². The number of morpholine rings is 1. The van der Waals surface area contributed by atoms with Gasteiger partial charge in [-0.2, -0.15) is 4.98 Å². The van der Waals surface area contributed by atoms with E-state index in [-0.39, 0.29) is 24.8 Å². The van der Waals surface area contributed by atoms with E-state index in [0.29, 0.717) is 36.0 Å². The van der Waals surface area contributed by atoms with Crippen LogP contribution in [-0.4, -0.2) is 57.8 Å². The first-order valence-corrected chi connectivity index (χ1v) is 8.51. The molecule has 1 aliphatic rings. The van der Waals surface area contributed by atoms with Crippen molar-refractivity contribution in [2.75, 3.05) is 19.7 Å². The molecular formula is C18H21N3O5. The number of aromatic nitrogens is 2. The van der Waals surface area contributed by atoms with Gasteiger partial charge in [-0.15, -0.1) is 0 Å². The Balaban J connectivity index is 1.84. The first-order valence-electron chi connectivity index (χ1n) is 8.51. The van der Waals surface area contributed by atoms with Crippen LogP contribution in [0, 0.1) is 0 Å². The third-order valence-electron chi connectivity index (χ3n) is 4.17. The summed E-state index contributed by atoms with van der Waals surface area (Å²) in [6.45, 7) is 4.87. The molecule has 26 heavy (non-hydrogen) atoms. The summed E-state index contributed by atoms with van der Waals surface area (Å²) in [5, 5.41) is 12.9. The third kappa shape index (κ3) is 3.91. The normalized spacial score (nSPS) is 17.5. The molecule has 1 amide bonds. The van der Waals surface area contributed by atoms with Crippen molar-refractivity contribution in [3.05, 3.63) is 35.7 Å². The van der Waals surface area contributed by atoms with E-state index in [1.54, 1.807) is 29.2 Å². The number of rotatable bonds is 5. The Bertz CT molecular complexity index is 802. The summed E-state index contributed by atoms with van der Waals surface area (Å²) in [6, 6.07) is 7.04. The van der Waals surface area contributed by atoms with Crippen LogP contribution in [0.2, 0.25) is 0 Å². The lowest BCUT2D eigenvalue weighted by Gasteiger charge is -2.32. The number of carbonyl (C=O) groups is 2. The fraction of sp³-hybridized carbons (Fsp3) is 0.444. The van der Waals surface area contributed by atoms with Crippen LogP contribution in [0.25, 0.3) is 11.5 Å². The Morgan fingerprint density at radius 3 is 2.81 bits per heavy atom. The Labute approximate surface area is 150 Å². The SMILES string of the molecule is CC(C)c1noc(-c2ccccc2C(=O)N2CCO[C@@H](CC(=O)O)C2)n1. The van der Waals surface area contributed by atoms with Crippen molar-refractivity contribution in [3.63, 3.8) is 0 Å². The number of amides is 1. The molecule has 0 saturated carbocycles. The van der Waals surface area contributed by atoms with E-state index in [4.69, 9.17) is 14.4 Å². The molecule has 1 atom stereocenters. The molecule has 1 aromatic carbocycles. The second-order valence-electron chi connectivity index (χ2n) is 6.50. The largest absolute Gasteiger partial charge is 0.481 e. The molecule has 0 unspecified atom stereocenters. The minimum Gasteiger partial charge on any atom is -0.481 e. The monoisotopic (exact) mass is 359 g/mol. The molecule has 1 N–H and O–H groups in total. The number of hydrogen-bond donors (Lipinski definition) is 1. The average Bonchev–Trinajstić information content (AvgIpc) is 3.11. The molecule has 1 aliphatic heterocycles. The summed E-state index contributed by atoms with van der Waals surface area (Å²) >= 11 is 0. The molecule has 2 aromatic rings. The molecule has 8 nitrogen and oxygen atoms in total. The van der Waals surface area contributed by atoms with Gasteiger partial charge in [0.25, 0.3) is 11.8 Å². The number of benzene rings is 1. The Hall–Kier alpha value is -2.74. The van der Waals surface area contributed by atoms with Crippen molar-refractivity contribution < 1.29 is 24.0 Å². The predicted molar refractivity (Wildman–Crippen MR) is 91.7 cm³/mol. The topological polar surface area (TPSA) is 106 Å². The smallest absolute Gasteiger partial charge is 0.306 e. The van der Waals surface area contributed by atoms with Crippen LogP contribution in [0.3, 0.4) is 0 Å². The zero-order valence-corrected chi connectivity index (χ0v) is 14.7. The molecule has 1 fully saturated rings. The molecule has 1 aromatic heterocycles. The Kier molecular flexibility index (Phi) is 5.32. The molecular weight excluding hydrogens is 338 g/mol. The van der Waals surface area contributed by atoms with Gasteiger partial charge < -0.3 is 19.3 Å². The van der Waals surface area contributed by atoms with Crippen molar-refractivity contribution in [2.45, 2.75) is 32.3 Å². The second-order valence-corrected chi connectivity index (χ2v) is 6.50. The maximum atomic E-state index is 13.0. The van der Waals surface area contributed by atoms with Gasteiger partial charge in [-0.05, 0) is 12.1 Å². The van der Waals surface area contributed by atoms with E-state index in [2.05, 4.69) is 10.1 Å². The standard InChI is InChI=1S/C18H21N3O5/c1-11(2)16-19-17(26-20-16)13-5-3-4-6-14(13)18(24)21-7-8-25-12(10-21)9-15(22)23/h3-6,11-12H,7-10H2,1-2H3,(H,22,23)/t12-/m0/s1. The lowest BCUT2D eigenvalue weighted by Crippen LogP contribution is -2.46. The third-order valence-corrected chi connectivity index (χ3v) is 4.17. The van der Waals surface area contributed by atoms with Gasteiger partial charge in [0.05, 0.1) is 30.3 Å². The van der Waals surface area contributed by atoms with Crippen molar-refractivity contribution >= 4 is 11.9 Å². The van der Waals surface area contributed by atoms with Crippen LogP contribution in [-0.2, 0) is 9.53 Å². The van der Waals surface area contributed by atoms with Crippen LogP contribution in [0.4, 0.5) is 0 Å². The van der Waals surface area contributed by atoms with E-state index in [1.165, 1.54) is 0 Å². The zero-order chi connectivity index (χ0) is 18.7. The van der Waals surface area contributed by atoms with E-state index in [9.17, 15) is 9.59 Å². The summed E-state index contributed by atoms with van der Waals surface area (Å²) in [6.07, 6.45) is -0.638. The number of carboxylic acids is 1.